The minimum Gasteiger partial charge on any atom is -0.368 e. The van der Waals surface area contributed by atoms with Crippen LogP contribution in [0.3, 0.4) is 0 Å². The lowest BCUT2D eigenvalue weighted by Gasteiger charge is -1.99. The van der Waals surface area contributed by atoms with E-state index in [1.165, 1.54) is 0 Å². The number of benzene rings is 1. The van der Waals surface area contributed by atoms with E-state index in [0.717, 1.165) is 5.56 Å². The first-order valence-corrected chi connectivity index (χ1v) is 4.75. The van der Waals surface area contributed by atoms with E-state index in [2.05, 4.69) is 9.87 Å². The second kappa shape index (κ2) is 6.42. The summed E-state index contributed by atoms with van der Waals surface area (Å²) >= 11 is 0. The van der Waals surface area contributed by atoms with Crippen molar-refractivity contribution in [3.63, 3.8) is 0 Å². The normalized spacial score (nSPS) is 8.88. The summed E-state index contributed by atoms with van der Waals surface area (Å²) in [6.07, 6.45) is 3.75. The molecule has 0 amide bonds. The predicted molar refractivity (Wildman–Crippen MR) is 60.0 cm³/mol. The van der Waals surface area contributed by atoms with E-state index in [-0.39, 0.29) is 0 Å². The Morgan fingerprint density at radius 3 is 2.25 bits per heavy atom. The van der Waals surface area contributed by atoms with Crippen molar-refractivity contribution in [2.75, 3.05) is 0 Å². The van der Waals surface area contributed by atoms with E-state index in [0.29, 0.717) is 5.56 Å². The van der Waals surface area contributed by atoms with Crippen LogP contribution in [-0.4, -0.2) is 16.2 Å². The van der Waals surface area contributed by atoms with Crippen LogP contribution in [0.15, 0.2) is 48.8 Å². The van der Waals surface area contributed by atoms with Crippen LogP contribution in [0.5, 0.6) is 0 Å². The van der Waals surface area contributed by atoms with Gasteiger partial charge in [-0.25, -0.2) is 4.79 Å². The maximum atomic E-state index is 10.8. The molecule has 0 saturated carbocycles. The molecular formula is C12H13NO3. The minimum absolute atomic E-state index is 0.384. The van der Waals surface area contributed by atoms with Crippen molar-refractivity contribution in [2.45, 2.75) is 6.92 Å². The van der Waals surface area contributed by atoms with E-state index in [9.17, 15) is 4.79 Å². The van der Waals surface area contributed by atoms with Gasteiger partial charge in [0, 0.05) is 12.4 Å². The number of nitrogens with one attached hydrogen (secondary N) is 1. The van der Waals surface area contributed by atoms with Crippen LogP contribution in [0.25, 0.3) is 0 Å². The Balaban J connectivity index is 0.000000212. The molecule has 16 heavy (non-hydrogen) atoms. The summed E-state index contributed by atoms with van der Waals surface area (Å²) in [6, 6.07) is 10.8. The van der Waals surface area contributed by atoms with E-state index < -0.39 is 5.97 Å². The van der Waals surface area contributed by atoms with Gasteiger partial charge in [0.05, 0.1) is 5.56 Å². The third-order valence-electron chi connectivity index (χ3n) is 1.94. The summed E-state index contributed by atoms with van der Waals surface area (Å²) in [5.74, 6) is -0.719. The maximum absolute atomic E-state index is 10.8. The number of H-pyrrole nitrogens is 1. The third-order valence-corrected chi connectivity index (χ3v) is 1.94. The standard InChI is InChI=1S/C8H8O3.C4H5N/c1-6-4-2-3-5-7(6)8(9)11-10;1-2-4-5-3-1/h2-5,10H,1H3;1-5H. The van der Waals surface area contributed by atoms with Crippen LogP contribution in [0.2, 0.25) is 0 Å². The number of aromatic amines is 1. The summed E-state index contributed by atoms with van der Waals surface area (Å²) in [5.41, 5.74) is 1.17. The van der Waals surface area contributed by atoms with Crippen LogP contribution < -0.4 is 0 Å². The van der Waals surface area contributed by atoms with Crippen molar-refractivity contribution in [3.05, 3.63) is 59.9 Å². The zero-order chi connectivity index (χ0) is 11.8. The van der Waals surface area contributed by atoms with Gasteiger partial charge in [-0.1, -0.05) is 18.2 Å². The average Bonchev–Trinajstić information content (AvgIpc) is 2.87. The summed E-state index contributed by atoms with van der Waals surface area (Å²) in [7, 11) is 0. The number of carbonyl (C=O) groups is 1. The second-order valence-corrected chi connectivity index (χ2v) is 3.08. The highest BCUT2D eigenvalue weighted by Gasteiger charge is 2.07. The Morgan fingerprint density at radius 1 is 1.19 bits per heavy atom. The summed E-state index contributed by atoms with van der Waals surface area (Å²) in [5, 5.41) is 8.06. The molecule has 2 aromatic rings. The molecule has 0 bridgehead atoms. The molecular weight excluding hydrogens is 206 g/mol. The molecule has 0 aliphatic carbocycles. The third kappa shape index (κ3) is 3.59. The lowest BCUT2D eigenvalue weighted by atomic mass is 10.1. The molecule has 0 radical (unpaired) electrons. The predicted octanol–water partition coefficient (Wildman–Crippen LogP) is 2.64. The topological polar surface area (TPSA) is 62.3 Å². The first-order chi connectivity index (χ1) is 7.75. The van der Waals surface area contributed by atoms with Gasteiger partial charge in [0.25, 0.3) is 0 Å². The van der Waals surface area contributed by atoms with Crippen molar-refractivity contribution in [1.29, 1.82) is 0 Å². The van der Waals surface area contributed by atoms with Gasteiger partial charge in [-0.3, -0.25) is 4.89 Å². The van der Waals surface area contributed by atoms with Gasteiger partial charge in [0.15, 0.2) is 0 Å². The summed E-state index contributed by atoms with van der Waals surface area (Å²) in [4.78, 5) is 17.2. The minimum atomic E-state index is -0.719. The van der Waals surface area contributed by atoms with Crippen molar-refractivity contribution >= 4 is 5.97 Å². The molecule has 0 spiro atoms. The van der Waals surface area contributed by atoms with Gasteiger partial charge in [0.2, 0.25) is 0 Å². The SMILES string of the molecule is Cc1ccccc1C(=O)OO.c1cc[nH]c1. The fraction of sp³-hybridized carbons (Fsp3) is 0.0833. The van der Waals surface area contributed by atoms with Crippen LogP contribution in [0, 0.1) is 6.92 Å². The molecule has 4 heteroatoms. The molecule has 1 aromatic carbocycles. The number of carbonyl (C=O) groups excluding carboxylic acids is 1. The fourth-order valence-corrected chi connectivity index (χ4v) is 1.13. The van der Waals surface area contributed by atoms with Crippen molar-refractivity contribution < 1.29 is 14.9 Å². The Bertz CT molecular complexity index is 406. The van der Waals surface area contributed by atoms with Crippen molar-refractivity contribution in [1.82, 2.24) is 4.98 Å². The molecule has 0 atom stereocenters. The van der Waals surface area contributed by atoms with E-state index in [1.807, 2.05) is 30.6 Å². The molecule has 4 nitrogen and oxygen atoms in total. The van der Waals surface area contributed by atoms with E-state index >= 15 is 0 Å². The second-order valence-electron chi connectivity index (χ2n) is 3.08. The van der Waals surface area contributed by atoms with Crippen molar-refractivity contribution in [3.8, 4) is 0 Å². The molecule has 2 N–H and O–H groups in total. The molecule has 0 aliphatic heterocycles. The summed E-state index contributed by atoms with van der Waals surface area (Å²) in [6.45, 7) is 1.77. The van der Waals surface area contributed by atoms with Gasteiger partial charge in [-0.2, -0.15) is 5.26 Å². The molecule has 2 rings (SSSR count). The van der Waals surface area contributed by atoms with E-state index in [4.69, 9.17) is 5.26 Å². The smallest absolute Gasteiger partial charge is 0.368 e. The van der Waals surface area contributed by atoms with E-state index in [1.54, 1.807) is 25.1 Å². The highest BCUT2D eigenvalue weighted by Crippen LogP contribution is 2.07. The molecule has 0 saturated heterocycles. The maximum Gasteiger partial charge on any atom is 0.373 e. The Labute approximate surface area is 93.4 Å². The molecule has 84 valence electrons. The van der Waals surface area contributed by atoms with Gasteiger partial charge >= 0.3 is 5.97 Å². The van der Waals surface area contributed by atoms with Gasteiger partial charge < -0.3 is 4.98 Å². The quantitative estimate of drug-likeness (QED) is 0.572. The first-order valence-electron chi connectivity index (χ1n) is 4.75. The average molecular weight is 219 g/mol. The van der Waals surface area contributed by atoms with Crippen LogP contribution in [0.1, 0.15) is 15.9 Å². The molecule has 0 unspecified atom stereocenters. The fourth-order valence-electron chi connectivity index (χ4n) is 1.13. The number of rotatable bonds is 1. The van der Waals surface area contributed by atoms with Crippen LogP contribution in [0.4, 0.5) is 0 Å². The lowest BCUT2D eigenvalue weighted by Crippen LogP contribution is -2.03. The van der Waals surface area contributed by atoms with Crippen molar-refractivity contribution in [2.24, 2.45) is 0 Å². The van der Waals surface area contributed by atoms with Gasteiger partial charge in [0.1, 0.15) is 0 Å². The number of hydrogen-bond donors (Lipinski definition) is 2. The van der Waals surface area contributed by atoms with Gasteiger partial charge in [-0.15, -0.1) is 0 Å². The number of aryl methyl sites for hydroxylation is 1. The lowest BCUT2D eigenvalue weighted by molar-refractivity contribution is -0.182. The monoisotopic (exact) mass is 219 g/mol. The highest BCUT2D eigenvalue weighted by atomic mass is 17.1. The van der Waals surface area contributed by atoms with Crippen LogP contribution >= 0.6 is 0 Å². The number of hydrogen-bond acceptors (Lipinski definition) is 3. The Kier molecular flexibility index (Phi) is 4.82. The Hall–Kier alpha value is -2.07. The highest BCUT2D eigenvalue weighted by molar-refractivity contribution is 5.90. The molecule has 1 aromatic heterocycles. The molecule has 0 aliphatic rings. The molecule has 1 heterocycles. The first kappa shape index (κ1) is 12.0. The van der Waals surface area contributed by atoms with Crippen LogP contribution in [-0.2, 0) is 4.89 Å². The summed E-state index contributed by atoms with van der Waals surface area (Å²) < 4.78 is 0. The molecule has 0 fully saturated rings. The Morgan fingerprint density at radius 2 is 1.81 bits per heavy atom. The zero-order valence-electron chi connectivity index (χ0n) is 8.88. The largest absolute Gasteiger partial charge is 0.373 e. The zero-order valence-corrected chi connectivity index (χ0v) is 8.88. The number of aromatic nitrogens is 1. The van der Waals surface area contributed by atoms with Gasteiger partial charge in [-0.05, 0) is 30.7 Å².